The lowest BCUT2D eigenvalue weighted by Gasteiger charge is -2.08. The molecule has 0 radical (unpaired) electrons. The summed E-state index contributed by atoms with van der Waals surface area (Å²) in [6, 6.07) is 4.72. The van der Waals surface area contributed by atoms with Gasteiger partial charge in [-0.2, -0.15) is 0 Å². The van der Waals surface area contributed by atoms with E-state index in [1.54, 1.807) is 18.2 Å². The molecule has 4 heteroatoms. The molecule has 0 saturated heterocycles. The molecule has 0 aromatic heterocycles. The highest BCUT2D eigenvalue weighted by Crippen LogP contribution is 2.18. The molecule has 16 heavy (non-hydrogen) atoms. The van der Waals surface area contributed by atoms with Gasteiger partial charge in [-0.15, -0.1) is 0 Å². The van der Waals surface area contributed by atoms with Crippen LogP contribution in [0.15, 0.2) is 24.8 Å². The van der Waals surface area contributed by atoms with Crippen LogP contribution in [0.1, 0.15) is 26.3 Å². The standard InChI is InChI=1S/C12H12O4/c1-4-8-9(11(13)15-2)6-5-7-10(8)12(14)16-3/h4-7H,1H2,2-3H3. The summed E-state index contributed by atoms with van der Waals surface area (Å²) >= 11 is 0. The Morgan fingerprint density at radius 3 is 1.88 bits per heavy atom. The quantitative estimate of drug-likeness (QED) is 0.730. The van der Waals surface area contributed by atoms with Crippen LogP contribution in [-0.2, 0) is 9.47 Å². The van der Waals surface area contributed by atoms with Crippen molar-refractivity contribution in [2.75, 3.05) is 14.2 Å². The van der Waals surface area contributed by atoms with Crippen LogP contribution in [0, 0.1) is 0 Å². The van der Waals surface area contributed by atoms with E-state index < -0.39 is 11.9 Å². The third-order valence-electron chi connectivity index (χ3n) is 2.12. The normalized spacial score (nSPS) is 9.38. The molecule has 0 fully saturated rings. The molecule has 0 aliphatic rings. The number of ether oxygens (including phenoxy) is 2. The Morgan fingerprint density at radius 2 is 1.56 bits per heavy atom. The Hall–Kier alpha value is -2.10. The lowest BCUT2D eigenvalue weighted by molar-refractivity contribution is 0.0599. The highest BCUT2D eigenvalue weighted by molar-refractivity contribution is 6.01. The Bertz CT molecular complexity index is 400. The van der Waals surface area contributed by atoms with E-state index in [4.69, 9.17) is 0 Å². The molecule has 0 spiro atoms. The van der Waals surface area contributed by atoms with Gasteiger partial charge in [0.25, 0.3) is 0 Å². The average molecular weight is 220 g/mol. The fourth-order valence-corrected chi connectivity index (χ4v) is 1.36. The van der Waals surface area contributed by atoms with Gasteiger partial charge in [0.2, 0.25) is 0 Å². The first-order valence-corrected chi connectivity index (χ1v) is 4.57. The lowest BCUT2D eigenvalue weighted by atomic mass is 10.0. The molecular weight excluding hydrogens is 208 g/mol. The van der Waals surface area contributed by atoms with Crippen molar-refractivity contribution in [3.8, 4) is 0 Å². The second-order valence-corrected chi connectivity index (χ2v) is 2.95. The first-order valence-electron chi connectivity index (χ1n) is 4.57. The molecule has 0 saturated carbocycles. The third-order valence-corrected chi connectivity index (χ3v) is 2.12. The Labute approximate surface area is 93.5 Å². The smallest absolute Gasteiger partial charge is 0.338 e. The second kappa shape index (κ2) is 5.11. The molecule has 0 aliphatic carbocycles. The molecule has 0 amide bonds. The topological polar surface area (TPSA) is 52.6 Å². The predicted molar refractivity (Wildman–Crippen MR) is 59.2 cm³/mol. The second-order valence-electron chi connectivity index (χ2n) is 2.95. The van der Waals surface area contributed by atoms with Crippen molar-refractivity contribution in [2.24, 2.45) is 0 Å². The number of carbonyl (C=O) groups is 2. The first-order chi connectivity index (χ1) is 7.65. The van der Waals surface area contributed by atoms with Crippen molar-refractivity contribution in [3.05, 3.63) is 41.5 Å². The number of methoxy groups -OCH3 is 2. The van der Waals surface area contributed by atoms with E-state index in [-0.39, 0.29) is 0 Å². The average Bonchev–Trinajstić information content (AvgIpc) is 2.35. The van der Waals surface area contributed by atoms with Crippen LogP contribution in [0.5, 0.6) is 0 Å². The monoisotopic (exact) mass is 220 g/mol. The minimum atomic E-state index is -0.513. The van der Waals surface area contributed by atoms with Gasteiger partial charge in [-0.3, -0.25) is 0 Å². The highest BCUT2D eigenvalue weighted by Gasteiger charge is 2.17. The fraction of sp³-hybridized carbons (Fsp3) is 0.167. The minimum Gasteiger partial charge on any atom is -0.465 e. The Morgan fingerprint density at radius 1 is 1.12 bits per heavy atom. The number of hydrogen-bond acceptors (Lipinski definition) is 4. The van der Waals surface area contributed by atoms with Crippen molar-refractivity contribution in [2.45, 2.75) is 0 Å². The maximum atomic E-state index is 11.4. The van der Waals surface area contributed by atoms with Gasteiger partial charge in [0.1, 0.15) is 0 Å². The maximum Gasteiger partial charge on any atom is 0.338 e. The number of carbonyl (C=O) groups excluding carboxylic acids is 2. The van der Waals surface area contributed by atoms with E-state index >= 15 is 0 Å². The molecule has 0 atom stereocenters. The molecule has 1 rings (SSSR count). The zero-order valence-electron chi connectivity index (χ0n) is 9.15. The van der Waals surface area contributed by atoms with Crippen molar-refractivity contribution in [1.82, 2.24) is 0 Å². The van der Waals surface area contributed by atoms with Crippen molar-refractivity contribution >= 4 is 18.0 Å². The van der Waals surface area contributed by atoms with Crippen molar-refractivity contribution in [3.63, 3.8) is 0 Å². The summed E-state index contributed by atoms with van der Waals surface area (Å²) in [6.07, 6.45) is 1.43. The van der Waals surface area contributed by atoms with E-state index in [2.05, 4.69) is 16.1 Å². The SMILES string of the molecule is C=Cc1c(C(=O)OC)cccc1C(=O)OC. The molecule has 0 N–H and O–H groups in total. The first kappa shape index (κ1) is 12.0. The molecule has 0 bridgehead atoms. The van der Waals surface area contributed by atoms with Gasteiger partial charge in [0.05, 0.1) is 25.3 Å². The molecule has 0 heterocycles. The van der Waals surface area contributed by atoms with Crippen LogP contribution in [0.3, 0.4) is 0 Å². The summed E-state index contributed by atoms with van der Waals surface area (Å²) in [6.45, 7) is 3.57. The van der Waals surface area contributed by atoms with Crippen LogP contribution in [0.25, 0.3) is 6.08 Å². The number of rotatable bonds is 3. The number of esters is 2. The zero-order valence-corrected chi connectivity index (χ0v) is 9.15. The van der Waals surface area contributed by atoms with Gasteiger partial charge in [-0.1, -0.05) is 18.7 Å². The summed E-state index contributed by atoms with van der Waals surface area (Å²) < 4.78 is 9.22. The Balaban J connectivity index is 3.37. The summed E-state index contributed by atoms with van der Waals surface area (Å²) in [4.78, 5) is 22.9. The summed E-state index contributed by atoms with van der Waals surface area (Å²) in [5.41, 5.74) is 1.00. The van der Waals surface area contributed by atoms with Gasteiger partial charge >= 0.3 is 11.9 Å². The highest BCUT2D eigenvalue weighted by atomic mass is 16.5. The van der Waals surface area contributed by atoms with Gasteiger partial charge in [0.15, 0.2) is 0 Å². The van der Waals surface area contributed by atoms with E-state index in [0.29, 0.717) is 16.7 Å². The molecule has 84 valence electrons. The van der Waals surface area contributed by atoms with E-state index in [1.807, 2.05) is 0 Å². The number of benzene rings is 1. The minimum absolute atomic E-state index is 0.292. The summed E-state index contributed by atoms with van der Waals surface area (Å²) in [5.74, 6) is -1.03. The lowest BCUT2D eigenvalue weighted by Crippen LogP contribution is -2.10. The van der Waals surface area contributed by atoms with Crippen LogP contribution in [-0.4, -0.2) is 26.2 Å². The van der Waals surface area contributed by atoms with Gasteiger partial charge in [0, 0.05) is 5.56 Å². The van der Waals surface area contributed by atoms with Crippen LogP contribution >= 0.6 is 0 Å². The van der Waals surface area contributed by atoms with Gasteiger partial charge in [-0.25, -0.2) is 9.59 Å². The molecule has 1 aromatic carbocycles. The van der Waals surface area contributed by atoms with E-state index in [0.717, 1.165) is 0 Å². The molecule has 0 unspecified atom stereocenters. The maximum absolute atomic E-state index is 11.4. The zero-order chi connectivity index (χ0) is 12.1. The Kier molecular flexibility index (Phi) is 3.83. The van der Waals surface area contributed by atoms with Crippen molar-refractivity contribution in [1.29, 1.82) is 0 Å². The number of hydrogen-bond donors (Lipinski definition) is 0. The summed E-state index contributed by atoms with van der Waals surface area (Å²) in [5, 5.41) is 0. The fourth-order valence-electron chi connectivity index (χ4n) is 1.36. The molecule has 4 nitrogen and oxygen atoms in total. The van der Waals surface area contributed by atoms with Gasteiger partial charge in [-0.05, 0) is 12.1 Å². The van der Waals surface area contributed by atoms with Crippen LogP contribution in [0.2, 0.25) is 0 Å². The van der Waals surface area contributed by atoms with E-state index in [9.17, 15) is 9.59 Å². The van der Waals surface area contributed by atoms with Crippen LogP contribution in [0.4, 0.5) is 0 Å². The molecular formula is C12H12O4. The predicted octanol–water partition coefficient (Wildman–Crippen LogP) is 1.90. The van der Waals surface area contributed by atoms with Gasteiger partial charge < -0.3 is 9.47 Å². The molecule has 0 aliphatic heterocycles. The largest absolute Gasteiger partial charge is 0.465 e. The van der Waals surface area contributed by atoms with E-state index in [1.165, 1.54) is 20.3 Å². The van der Waals surface area contributed by atoms with Crippen LogP contribution < -0.4 is 0 Å². The third kappa shape index (κ3) is 2.11. The molecule has 1 aromatic rings. The summed E-state index contributed by atoms with van der Waals surface area (Å²) in [7, 11) is 2.56. The van der Waals surface area contributed by atoms with Crippen molar-refractivity contribution < 1.29 is 19.1 Å².